The Bertz CT molecular complexity index is 546. The van der Waals surface area contributed by atoms with E-state index in [2.05, 4.69) is 36.2 Å². The summed E-state index contributed by atoms with van der Waals surface area (Å²) in [5.41, 5.74) is 3.50. The van der Waals surface area contributed by atoms with E-state index in [9.17, 15) is 0 Å². The van der Waals surface area contributed by atoms with Crippen LogP contribution < -0.4 is 0 Å². The number of aryl methyl sites for hydroxylation is 2. The van der Waals surface area contributed by atoms with Crippen LogP contribution in [0.4, 0.5) is 0 Å². The lowest BCUT2D eigenvalue weighted by Gasteiger charge is -2.12. The number of ether oxygens (including phenoxy) is 1. The second-order valence-corrected chi connectivity index (χ2v) is 4.75. The fourth-order valence-electron chi connectivity index (χ4n) is 2.20. The predicted molar refractivity (Wildman–Crippen MR) is 76.4 cm³/mol. The number of aromatic nitrogens is 3. The first-order chi connectivity index (χ1) is 9.19. The zero-order chi connectivity index (χ0) is 13.8. The molecule has 19 heavy (non-hydrogen) atoms. The van der Waals surface area contributed by atoms with Crippen LogP contribution in [0.25, 0.3) is 11.4 Å². The van der Waals surface area contributed by atoms with Gasteiger partial charge >= 0.3 is 0 Å². The molecule has 1 aromatic heterocycles. The van der Waals surface area contributed by atoms with Crippen molar-refractivity contribution < 1.29 is 4.74 Å². The van der Waals surface area contributed by atoms with Gasteiger partial charge in [0.2, 0.25) is 0 Å². The number of hydrogen-bond acceptors (Lipinski definition) is 3. The lowest BCUT2D eigenvalue weighted by Crippen LogP contribution is -2.10. The molecule has 0 saturated carbocycles. The zero-order valence-electron chi connectivity index (χ0n) is 11.5. The number of halogens is 1. The minimum Gasteiger partial charge on any atom is -0.383 e. The van der Waals surface area contributed by atoms with Crippen LogP contribution >= 0.6 is 11.6 Å². The van der Waals surface area contributed by atoms with Crippen molar-refractivity contribution in [2.45, 2.75) is 26.3 Å². The Balaban J connectivity index is 2.52. The number of nitrogens with zero attached hydrogens (tertiary/aromatic N) is 3. The molecule has 1 aromatic carbocycles. The number of hydrogen-bond donors (Lipinski definition) is 0. The molecule has 0 radical (unpaired) electrons. The van der Waals surface area contributed by atoms with Crippen LogP contribution in [0.2, 0.25) is 0 Å². The molecule has 0 aliphatic rings. The molecule has 0 amide bonds. The molecule has 0 atom stereocenters. The summed E-state index contributed by atoms with van der Waals surface area (Å²) in [5, 5.41) is 8.48. The molecule has 2 aromatic rings. The Morgan fingerprint density at radius 2 is 1.89 bits per heavy atom. The summed E-state index contributed by atoms with van der Waals surface area (Å²) < 4.78 is 7.18. The molecule has 0 saturated heterocycles. The van der Waals surface area contributed by atoms with Gasteiger partial charge in [-0.05, 0) is 25.0 Å². The van der Waals surface area contributed by atoms with E-state index in [-0.39, 0.29) is 0 Å². The Hall–Kier alpha value is -1.39. The van der Waals surface area contributed by atoms with Crippen molar-refractivity contribution >= 4 is 11.6 Å². The molecule has 0 spiro atoms. The Morgan fingerprint density at radius 1 is 1.21 bits per heavy atom. The molecule has 5 heteroatoms. The van der Waals surface area contributed by atoms with E-state index < -0.39 is 0 Å². The van der Waals surface area contributed by atoms with Crippen LogP contribution in [0, 0.1) is 13.8 Å². The summed E-state index contributed by atoms with van der Waals surface area (Å²) in [6, 6.07) is 6.21. The van der Waals surface area contributed by atoms with Crippen molar-refractivity contribution in [2.24, 2.45) is 0 Å². The summed E-state index contributed by atoms with van der Waals surface area (Å²) in [4.78, 5) is 0. The predicted octanol–water partition coefficient (Wildman–Crippen LogP) is 2.95. The number of alkyl halides is 1. The minimum atomic E-state index is 0.349. The van der Waals surface area contributed by atoms with E-state index in [4.69, 9.17) is 16.3 Å². The molecule has 0 fully saturated rings. The number of methoxy groups -OCH3 is 1. The summed E-state index contributed by atoms with van der Waals surface area (Å²) in [6.07, 6.45) is 0. The van der Waals surface area contributed by atoms with Crippen molar-refractivity contribution in [1.82, 2.24) is 14.8 Å². The monoisotopic (exact) mass is 279 g/mol. The Morgan fingerprint density at radius 3 is 2.47 bits per heavy atom. The van der Waals surface area contributed by atoms with Crippen LogP contribution in [0.1, 0.15) is 17.0 Å². The van der Waals surface area contributed by atoms with Crippen LogP contribution in [-0.2, 0) is 17.2 Å². The van der Waals surface area contributed by atoms with E-state index in [1.807, 2.05) is 10.6 Å². The van der Waals surface area contributed by atoms with Gasteiger partial charge in [0.05, 0.1) is 12.5 Å². The SMILES string of the molecule is COCCn1c(CCl)nnc1-c1c(C)cccc1C. The first-order valence-electron chi connectivity index (χ1n) is 6.22. The fourth-order valence-corrected chi connectivity index (χ4v) is 2.40. The fraction of sp³-hybridized carbons (Fsp3) is 0.429. The van der Waals surface area contributed by atoms with Crippen molar-refractivity contribution in [2.75, 3.05) is 13.7 Å². The third-order valence-corrected chi connectivity index (χ3v) is 3.41. The number of rotatable bonds is 5. The minimum absolute atomic E-state index is 0.349. The molecule has 4 nitrogen and oxygen atoms in total. The molecule has 0 N–H and O–H groups in total. The highest BCUT2D eigenvalue weighted by Crippen LogP contribution is 2.26. The Labute approximate surface area is 118 Å². The van der Waals surface area contributed by atoms with Crippen molar-refractivity contribution in [3.05, 3.63) is 35.2 Å². The van der Waals surface area contributed by atoms with Gasteiger partial charge in [0.1, 0.15) is 5.82 Å². The van der Waals surface area contributed by atoms with Gasteiger partial charge in [-0.2, -0.15) is 0 Å². The van der Waals surface area contributed by atoms with Gasteiger partial charge in [-0.25, -0.2) is 0 Å². The van der Waals surface area contributed by atoms with Gasteiger partial charge in [0.15, 0.2) is 5.82 Å². The molecule has 2 rings (SSSR count). The zero-order valence-corrected chi connectivity index (χ0v) is 12.2. The molecular weight excluding hydrogens is 262 g/mol. The first-order valence-corrected chi connectivity index (χ1v) is 6.76. The van der Waals surface area contributed by atoms with E-state index >= 15 is 0 Å². The van der Waals surface area contributed by atoms with Gasteiger partial charge in [0.25, 0.3) is 0 Å². The smallest absolute Gasteiger partial charge is 0.164 e. The maximum atomic E-state index is 5.93. The normalized spacial score (nSPS) is 10.9. The van der Waals surface area contributed by atoms with Crippen LogP contribution in [0.3, 0.4) is 0 Å². The van der Waals surface area contributed by atoms with Crippen LogP contribution in [0.15, 0.2) is 18.2 Å². The highest BCUT2D eigenvalue weighted by atomic mass is 35.5. The Kier molecular flexibility index (Phi) is 4.56. The van der Waals surface area contributed by atoms with Gasteiger partial charge in [0, 0.05) is 19.2 Å². The second kappa shape index (κ2) is 6.17. The lowest BCUT2D eigenvalue weighted by molar-refractivity contribution is 0.187. The van der Waals surface area contributed by atoms with E-state index in [0.717, 1.165) is 17.2 Å². The average molecular weight is 280 g/mol. The molecule has 102 valence electrons. The van der Waals surface area contributed by atoms with Crippen LogP contribution in [0.5, 0.6) is 0 Å². The van der Waals surface area contributed by atoms with Crippen molar-refractivity contribution in [3.63, 3.8) is 0 Å². The molecular formula is C14H18ClN3O. The van der Waals surface area contributed by atoms with Crippen molar-refractivity contribution in [1.29, 1.82) is 0 Å². The molecule has 0 bridgehead atoms. The standard InChI is InChI=1S/C14H18ClN3O/c1-10-5-4-6-11(2)13(10)14-17-16-12(9-15)18(14)7-8-19-3/h4-6H,7-9H2,1-3H3. The van der Waals surface area contributed by atoms with Crippen molar-refractivity contribution in [3.8, 4) is 11.4 Å². The summed E-state index contributed by atoms with van der Waals surface area (Å²) in [7, 11) is 1.68. The quantitative estimate of drug-likeness (QED) is 0.790. The average Bonchev–Trinajstić information content (AvgIpc) is 2.79. The summed E-state index contributed by atoms with van der Waals surface area (Å²) in [5.74, 6) is 1.99. The third-order valence-electron chi connectivity index (χ3n) is 3.17. The maximum absolute atomic E-state index is 5.93. The molecule has 0 aliphatic carbocycles. The summed E-state index contributed by atoms with van der Waals surface area (Å²) in [6.45, 7) is 5.48. The van der Waals surface area contributed by atoms with Gasteiger partial charge < -0.3 is 9.30 Å². The second-order valence-electron chi connectivity index (χ2n) is 4.48. The van der Waals surface area contributed by atoms with Gasteiger partial charge in [-0.1, -0.05) is 18.2 Å². The van der Waals surface area contributed by atoms with Gasteiger partial charge in [-0.3, -0.25) is 0 Å². The molecule has 0 aliphatic heterocycles. The van der Waals surface area contributed by atoms with E-state index in [1.165, 1.54) is 11.1 Å². The third kappa shape index (κ3) is 2.80. The number of benzene rings is 1. The van der Waals surface area contributed by atoms with E-state index in [0.29, 0.717) is 19.0 Å². The largest absolute Gasteiger partial charge is 0.383 e. The maximum Gasteiger partial charge on any atom is 0.164 e. The topological polar surface area (TPSA) is 39.9 Å². The molecule has 0 unspecified atom stereocenters. The highest BCUT2D eigenvalue weighted by molar-refractivity contribution is 6.16. The first kappa shape index (κ1) is 14.0. The van der Waals surface area contributed by atoms with Crippen LogP contribution in [-0.4, -0.2) is 28.5 Å². The molecule has 1 heterocycles. The van der Waals surface area contributed by atoms with Gasteiger partial charge in [-0.15, -0.1) is 21.8 Å². The summed E-state index contributed by atoms with van der Waals surface area (Å²) >= 11 is 5.93. The lowest BCUT2D eigenvalue weighted by atomic mass is 10.0. The van der Waals surface area contributed by atoms with E-state index in [1.54, 1.807) is 7.11 Å². The highest BCUT2D eigenvalue weighted by Gasteiger charge is 2.16.